The Morgan fingerprint density at radius 3 is 2.58 bits per heavy atom. The predicted octanol–water partition coefficient (Wildman–Crippen LogP) is 4.24. The lowest BCUT2D eigenvalue weighted by molar-refractivity contribution is 0.874. The minimum absolute atomic E-state index is 0.757. The third-order valence-electron chi connectivity index (χ3n) is 4.42. The van der Waals surface area contributed by atoms with E-state index in [0.29, 0.717) is 0 Å². The van der Waals surface area contributed by atoms with E-state index in [-0.39, 0.29) is 0 Å². The fourth-order valence-electron chi connectivity index (χ4n) is 3.18. The number of aryl methyl sites for hydroxylation is 3. The van der Waals surface area contributed by atoms with Crippen molar-refractivity contribution in [2.75, 3.05) is 6.54 Å². The topological polar surface area (TPSA) is 42.2 Å². The Hall–Kier alpha value is -2.62. The minimum atomic E-state index is 0.757. The molecule has 0 saturated carbocycles. The summed E-state index contributed by atoms with van der Waals surface area (Å²) in [5.41, 5.74) is 8.22. The van der Waals surface area contributed by atoms with Crippen molar-refractivity contribution in [1.82, 2.24) is 15.1 Å². The van der Waals surface area contributed by atoms with Gasteiger partial charge in [-0.3, -0.25) is 4.99 Å². The average Bonchev–Trinajstić information content (AvgIpc) is 3.14. The number of aromatic nitrogens is 2. The lowest BCUT2D eigenvalue weighted by Crippen LogP contribution is -2.15. The highest BCUT2D eigenvalue weighted by molar-refractivity contribution is 6.07. The molecule has 0 saturated heterocycles. The average molecular weight is 320 g/mol. The van der Waals surface area contributed by atoms with Crippen LogP contribution in [0.25, 0.3) is 16.8 Å². The third kappa shape index (κ3) is 2.80. The number of nitrogens with one attached hydrogen (secondary N) is 1. The van der Waals surface area contributed by atoms with Crippen LogP contribution in [-0.2, 0) is 0 Å². The van der Waals surface area contributed by atoms with E-state index < -0.39 is 0 Å². The highest BCUT2D eigenvalue weighted by Gasteiger charge is 2.17. The highest BCUT2D eigenvalue weighted by Crippen LogP contribution is 2.30. The van der Waals surface area contributed by atoms with Crippen molar-refractivity contribution in [2.45, 2.75) is 34.6 Å². The molecule has 0 atom stereocenters. The predicted molar refractivity (Wildman–Crippen MR) is 101 cm³/mol. The SMILES string of the molecule is CC/N=C1/NC=C/C1=C(/C)n1cc(-c2c(C)cccc2C)c(C)n1. The number of rotatable bonds is 3. The molecular formula is C20H24N4. The van der Waals surface area contributed by atoms with Crippen molar-refractivity contribution >= 4 is 11.5 Å². The van der Waals surface area contributed by atoms with E-state index in [1.165, 1.54) is 22.3 Å². The molecule has 2 heterocycles. The number of nitrogens with zero attached hydrogens (tertiary/aromatic N) is 3. The van der Waals surface area contributed by atoms with E-state index in [1.54, 1.807) is 0 Å². The Morgan fingerprint density at radius 1 is 1.21 bits per heavy atom. The molecule has 0 unspecified atom stereocenters. The molecule has 1 aromatic carbocycles. The van der Waals surface area contributed by atoms with Crippen molar-refractivity contribution in [3.8, 4) is 11.1 Å². The van der Waals surface area contributed by atoms with Gasteiger partial charge >= 0.3 is 0 Å². The molecule has 4 heteroatoms. The van der Waals surface area contributed by atoms with Gasteiger partial charge in [0.1, 0.15) is 5.84 Å². The van der Waals surface area contributed by atoms with Crippen LogP contribution >= 0.6 is 0 Å². The van der Waals surface area contributed by atoms with Gasteiger partial charge in [0, 0.05) is 35.8 Å². The molecule has 24 heavy (non-hydrogen) atoms. The van der Waals surface area contributed by atoms with Crippen LogP contribution in [0.1, 0.15) is 30.7 Å². The van der Waals surface area contributed by atoms with Gasteiger partial charge in [0.2, 0.25) is 0 Å². The molecule has 1 aliphatic rings. The van der Waals surface area contributed by atoms with Crippen molar-refractivity contribution < 1.29 is 0 Å². The first-order chi connectivity index (χ1) is 11.5. The highest BCUT2D eigenvalue weighted by atomic mass is 15.3. The second-order valence-corrected chi connectivity index (χ2v) is 6.14. The molecule has 1 aliphatic heterocycles. The van der Waals surface area contributed by atoms with Crippen LogP contribution in [0.4, 0.5) is 0 Å². The van der Waals surface area contributed by atoms with E-state index in [1.807, 2.05) is 17.8 Å². The summed E-state index contributed by atoms with van der Waals surface area (Å²) in [6.07, 6.45) is 6.11. The molecule has 3 rings (SSSR count). The number of hydrogen-bond donors (Lipinski definition) is 1. The van der Waals surface area contributed by atoms with Crippen molar-refractivity contribution in [3.05, 3.63) is 59.1 Å². The number of amidine groups is 1. The maximum absolute atomic E-state index is 4.75. The van der Waals surface area contributed by atoms with E-state index in [2.05, 4.69) is 68.5 Å². The van der Waals surface area contributed by atoms with Crippen molar-refractivity contribution in [2.24, 2.45) is 4.99 Å². The molecule has 0 spiro atoms. The first-order valence-electron chi connectivity index (χ1n) is 8.35. The quantitative estimate of drug-likeness (QED) is 0.919. The van der Waals surface area contributed by atoms with Crippen molar-refractivity contribution in [1.29, 1.82) is 0 Å². The van der Waals surface area contributed by atoms with E-state index >= 15 is 0 Å². The molecule has 0 amide bonds. The third-order valence-corrected chi connectivity index (χ3v) is 4.42. The molecule has 0 fully saturated rings. The van der Waals surface area contributed by atoms with E-state index in [9.17, 15) is 0 Å². The summed E-state index contributed by atoms with van der Waals surface area (Å²) < 4.78 is 1.97. The molecule has 4 nitrogen and oxygen atoms in total. The second kappa shape index (κ2) is 6.48. The van der Waals surface area contributed by atoms with Crippen LogP contribution in [0.3, 0.4) is 0 Å². The molecule has 1 N–H and O–H groups in total. The maximum Gasteiger partial charge on any atom is 0.134 e. The Morgan fingerprint density at radius 2 is 1.92 bits per heavy atom. The Labute approximate surface area is 143 Å². The van der Waals surface area contributed by atoms with Gasteiger partial charge in [0.25, 0.3) is 0 Å². The zero-order valence-corrected chi connectivity index (χ0v) is 15.0. The summed E-state index contributed by atoms with van der Waals surface area (Å²) >= 11 is 0. The number of allylic oxidation sites excluding steroid dienone is 1. The maximum atomic E-state index is 4.75. The van der Waals surface area contributed by atoms with E-state index in [4.69, 9.17) is 5.10 Å². The van der Waals surface area contributed by atoms with Crippen LogP contribution < -0.4 is 5.32 Å². The largest absolute Gasteiger partial charge is 0.346 e. The number of hydrogen-bond acceptors (Lipinski definition) is 2. The van der Waals surface area contributed by atoms with E-state index in [0.717, 1.165) is 29.3 Å². The van der Waals surface area contributed by atoms with Gasteiger partial charge in [0.15, 0.2) is 0 Å². The fourth-order valence-corrected chi connectivity index (χ4v) is 3.18. The van der Waals surface area contributed by atoms with Gasteiger partial charge in [-0.05, 0) is 57.4 Å². The molecule has 0 radical (unpaired) electrons. The minimum Gasteiger partial charge on any atom is -0.346 e. The molecule has 2 aromatic rings. The Bertz CT molecular complexity index is 846. The van der Waals surface area contributed by atoms with Gasteiger partial charge in [0.05, 0.1) is 5.69 Å². The summed E-state index contributed by atoms with van der Waals surface area (Å²) in [6, 6.07) is 6.41. The smallest absolute Gasteiger partial charge is 0.134 e. The molecule has 124 valence electrons. The van der Waals surface area contributed by atoms with Gasteiger partial charge in [-0.1, -0.05) is 18.2 Å². The van der Waals surface area contributed by atoms with Crippen LogP contribution in [0.5, 0.6) is 0 Å². The van der Waals surface area contributed by atoms with Gasteiger partial charge in [-0.25, -0.2) is 4.68 Å². The Kier molecular flexibility index (Phi) is 4.38. The fraction of sp³-hybridized carbons (Fsp3) is 0.300. The summed E-state index contributed by atoms with van der Waals surface area (Å²) in [5.74, 6) is 0.914. The normalized spacial score (nSPS) is 17.5. The summed E-state index contributed by atoms with van der Waals surface area (Å²) in [4.78, 5) is 4.51. The lowest BCUT2D eigenvalue weighted by atomic mass is 9.96. The standard InChI is InChI=1S/C20H24N4/c1-6-21-20-17(10-11-22-20)16(5)24-12-18(15(4)23-24)19-13(2)8-7-9-14(19)3/h7-12H,6H2,1-5H3,(H,21,22)/b17-16+. The monoisotopic (exact) mass is 320 g/mol. The first-order valence-corrected chi connectivity index (χ1v) is 8.35. The second-order valence-electron chi connectivity index (χ2n) is 6.14. The first kappa shape index (κ1) is 16.2. The van der Waals surface area contributed by atoms with Crippen LogP contribution in [0.2, 0.25) is 0 Å². The molecule has 0 bridgehead atoms. The molecule has 0 aliphatic carbocycles. The lowest BCUT2D eigenvalue weighted by Gasteiger charge is -2.08. The van der Waals surface area contributed by atoms with Gasteiger partial charge < -0.3 is 5.32 Å². The van der Waals surface area contributed by atoms with Gasteiger partial charge in [-0.2, -0.15) is 5.10 Å². The molecular weight excluding hydrogens is 296 g/mol. The van der Waals surface area contributed by atoms with Crippen LogP contribution in [0.15, 0.2) is 47.2 Å². The summed E-state index contributed by atoms with van der Waals surface area (Å²) in [7, 11) is 0. The zero-order chi connectivity index (χ0) is 17.3. The van der Waals surface area contributed by atoms with Crippen molar-refractivity contribution in [3.63, 3.8) is 0 Å². The molecule has 1 aromatic heterocycles. The summed E-state index contributed by atoms with van der Waals surface area (Å²) in [5, 5.41) is 7.95. The van der Waals surface area contributed by atoms with Crippen LogP contribution in [-0.4, -0.2) is 22.2 Å². The van der Waals surface area contributed by atoms with Crippen LogP contribution in [0, 0.1) is 20.8 Å². The number of aliphatic imine (C=N–C) groups is 1. The summed E-state index contributed by atoms with van der Waals surface area (Å²) in [6.45, 7) is 11.3. The zero-order valence-electron chi connectivity index (χ0n) is 15.0. The Balaban J connectivity index is 2.10. The van der Waals surface area contributed by atoms with Gasteiger partial charge in [-0.15, -0.1) is 0 Å². The number of benzene rings is 1.